The number of carboxylic acid groups (broad SMARTS) is 1. The normalized spacial score (nSPS) is 18.6. The molecule has 1 amide bonds. The van der Waals surface area contributed by atoms with Crippen LogP contribution in [0.5, 0.6) is 0 Å². The second-order valence-corrected chi connectivity index (χ2v) is 5.79. The molecule has 1 heterocycles. The largest absolute Gasteiger partial charge is 0.480 e. The summed E-state index contributed by atoms with van der Waals surface area (Å²) in [7, 11) is 0. The van der Waals surface area contributed by atoms with Crippen molar-refractivity contribution in [2.45, 2.75) is 38.6 Å². The predicted octanol–water partition coefficient (Wildman–Crippen LogP) is 3.15. The third kappa shape index (κ3) is 2.80. The lowest BCUT2D eigenvalue weighted by Gasteiger charge is -2.22. The van der Waals surface area contributed by atoms with E-state index in [1.54, 1.807) is 12.1 Å². The molecule has 4 nitrogen and oxygen atoms in total. The van der Waals surface area contributed by atoms with Gasteiger partial charge in [0.25, 0.3) is 5.91 Å². The molecule has 0 spiro atoms. The Morgan fingerprint density at radius 3 is 2.65 bits per heavy atom. The smallest absolute Gasteiger partial charge is 0.326 e. The van der Waals surface area contributed by atoms with Crippen molar-refractivity contribution in [2.75, 3.05) is 6.54 Å². The van der Waals surface area contributed by atoms with Crippen LogP contribution in [-0.4, -0.2) is 34.5 Å². The van der Waals surface area contributed by atoms with Crippen LogP contribution in [0.25, 0.3) is 0 Å². The maximum Gasteiger partial charge on any atom is 0.326 e. The van der Waals surface area contributed by atoms with Gasteiger partial charge in [-0.15, -0.1) is 0 Å². The lowest BCUT2D eigenvalue weighted by Crippen LogP contribution is -2.40. The first-order valence-corrected chi connectivity index (χ1v) is 7.13. The first-order valence-electron chi connectivity index (χ1n) is 6.75. The van der Waals surface area contributed by atoms with Crippen molar-refractivity contribution >= 4 is 23.5 Å². The highest BCUT2D eigenvalue weighted by molar-refractivity contribution is 6.31. The fourth-order valence-corrected chi connectivity index (χ4v) is 2.96. The highest BCUT2D eigenvalue weighted by Gasteiger charge is 2.34. The summed E-state index contributed by atoms with van der Waals surface area (Å²) in [5, 5.41) is 9.68. The summed E-state index contributed by atoms with van der Waals surface area (Å²) < 4.78 is 0. The fourth-order valence-electron chi connectivity index (χ4n) is 2.56. The zero-order valence-electron chi connectivity index (χ0n) is 11.6. The SMILES string of the molecule is CC(C)c1ccc(C(=O)N2CCC[C@H]2C(=O)O)cc1Cl. The summed E-state index contributed by atoms with van der Waals surface area (Å²) in [5.41, 5.74) is 1.44. The van der Waals surface area contributed by atoms with E-state index in [4.69, 9.17) is 16.7 Å². The Balaban J connectivity index is 2.25. The number of rotatable bonds is 3. The second kappa shape index (κ2) is 5.83. The van der Waals surface area contributed by atoms with Crippen molar-refractivity contribution in [1.82, 2.24) is 4.90 Å². The number of benzene rings is 1. The molecule has 0 aromatic heterocycles. The van der Waals surface area contributed by atoms with Gasteiger partial charge in [0, 0.05) is 17.1 Å². The van der Waals surface area contributed by atoms with E-state index in [9.17, 15) is 9.59 Å². The molecule has 20 heavy (non-hydrogen) atoms. The zero-order valence-corrected chi connectivity index (χ0v) is 12.4. The number of hydrogen-bond acceptors (Lipinski definition) is 2. The Morgan fingerprint density at radius 1 is 1.40 bits per heavy atom. The van der Waals surface area contributed by atoms with Crippen LogP contribution >= 0.6 is 11.6 Å². The van der Waals surface area contributed by atoms with Gasteiger partial charge >= 0.3 is 5.97 Å². The zero-order chi connectivity index (χ0) is 14.9. The molecule has 0 radical (unpaired) electrons. The van der Waals surface area contributed by atoms with Crippen molar-refractivity contribution in [2.24, 2.45) is 0 Å². The van der Waals surface area contributed by atoms with Crippen LogP contribution in [0.4, 0.5) is 0 Å². The highest BCUT2D eigenvalue weighted by Crippen LogP contribution is 2.27. The maximum absolute atomic E-state index is 12.4. The number of likely N-dealkylation sites (tertiary alicyclic amines) is 1. The van der Waals surface area contributed by atoms with Gasteiger partial charge in [0.2, 0.25) is 0 Å². The summed E-state index contributed by atoms with van der Waals surface area (Å²) in [6.07, 6.45) is 1.24. The average Bonchev–Trinajstić information content (AvgIpc) is 2.86. The van der Waals surface area contributed by atoms with Crippen LogP contribution in [0.2, 0.25) is 5.02 Å². The third-order valence-corrected chi connectivity index (χ3v) is 4.00. The van der Waals surface area contributed by atoms with E-state index in [2.05, 4.69) is 0 Å². The number of carbonyl (C=O) groups is 2. The van der Waals surface area contributed by atoms with E-state index in [0.717, 1.165) is 12.0 Å². The molecule has 5 heteroatoms. The van der Waals surface area contributed by atoms with Crippen molar-refractivity contribution < 1.29 is 14.7 Å². The highest BCUT2D eigenvalue weighted by atomic mass is 35.5. The number of amides is 1. The van der Waals surface area contributed by atoms with E-state index in [-0.39, 0.29) is 11.8 Å². The minimum Gasteiger partial charge on any atom is -0.480 e. The van der Waals surface area contributed by atoms with Gasteiger partial charge < -0.3 is 10.0 Å². The molecule has 1 fully saturated rings. The van der Waals surface area contributed by atoms with E-state index >= 15 is 0 Å². The number of hydrogen-bond donors (Lipinski definition) is 1. The lowest BCUT2D eigenvalue weighted by atomic mass is 10.0. The van der Waals surface area contributed by atoms with Gasteiger partial charge in [0.15, 0.2) is 0 Å². The molecule has 1 aromatic carbocycles. The second-order valence-electron chi connectivity index (χ2n) is 5.39. The Labute approximate surface area is 123 Å². The van der Waals surface area contributed by atoms with Crippen molar-refractivity contribution in [3.8, 4) is 0 Å². The summed E-state index contributed by atoms with van der Waals surface area (Å²) in [6.45, 7) is 4.55. The van der Waals surface area contributed by atoms with E-state index in [0.29, 0.717) is 23.6 Å². The molecule has 1 aliphatic heterocycles. The van der Waals surface area contributed by atoms with E-state index < -0.39 is 12.0 Å². The summed E-state index contributed by atoms with van der Waals surface area (Å²) in [6, 6.07) is 4.48. The van der Waals surface area contributed by atoms with Crippen LogP contribution in [0, 0.1) is 0 Å². The molecule has 1 atom stereocenters. The number of halogens is 1. The fraction of sp³-hybridized carbons (Fsp3) is 0.467. The summed E-state index contributed by atoms with van der Waals surface area (Å²) in [4.78, 5) is 25.0. The van der Waals surface area contributed by atoms with E-state index in [1.807, 2.05) is 19.9 Å². The van der Waals surface area contributed by atoms with Gasteiger partial charge in [-0.1, -0.05) is 31.5 Å². The van der Waals surface area contributed by atoms with Crippen LogP contribution < -0.4 is 0 Å². The molecule has 1 saturated heterocycles. The molecule has 0 aliphatic carbocycles. The van der Waals surface area contributed by atoms with Crippen molar-refractivity contribution in [3.63, 3.8) is 0 Å². The van der Waals surface area contributed by atoms with Crippen LogP contribution in [-0.2, 0) is 4.79 Å². The van der Waals surface area contributed by atoms with Gasteiger partial charge in [-0.25, -0.2) is 4.79 Å². The number of aliphatic carboxylic acids is 1. The molecule has 0 bridgehead atoms. The summed E-state index contributed by atoms with van der Waals surface area (Å²) >= 11 is 6.19. The van der Waals surface area contributed by atoms with Crippen LogP contribution in [0.1, 0.15) is 48.5 Å². The number of nitrogens with zero attached hydrogens (tertiary/aromatic N) is 1. The van der Waals surface area contributed by atoms with Crippen molar-refractivity contribution in [1.29, 1.82) is 0 Å². The predicted molar refractivity (Wildman–Crippen MR) is 77.2 cm³/mol. The molecular weight excluding hydrogens is 278 g/mol. The van der Waals surface area contributed by atoms with Gasteiger partial charge in [0.1, 0.15) is 6.04 Å². The van der Waals surface area contributed by atoms with Crippen LogP contribution in [0.15, 0.2) is 18.2 Å². The monoisotopic (exact) mass is 295 g/mol. The minimum absolute atomic E-state index is 0.257. The standard InChI is InChI=1S/C15H18ClNO3/c1-9(2)11-6-5-10(8-12(11)16)14(18)17-7-3-4-13(17)15(19)20/h5-6,8-9,13H,3-4,7H2,1-2H3,(H,19,20)/t13-/m0/s1. The van der Waals surface area contributed by atoms with Gasteiger partial charge in [-0.05, 0) is 36.5 Å². The van der Waals surface area contributed by atoms with Crippen molar-refractivity contribution in [3.05, 3.63) is 34.3 Å². The Bertz CT molecular complexity index is 542. The van der Waals surface area contributed by atoms with Crippen LogP contribution in [0.3, 0.4) is 0 Å². The average molecular weight is 296 g/mol. The molecule has 1 aromatic rings. The van der Waals surface area contributed by atoms with Gasteiger partial charge in [0.05, 0.1) is 0 Å². The van der Waals surface area contributed by atoms with E-state index in [1.165, 1.54) is 4.90 Å². The first kappa shape index (κ1) is 14.9. The molecule has 2 rings (SSSR count). The Kier molecular flexibility index (Phi) is 4.33. The Hall–Kier alpha value is -1.55. The third-order valence-electron chi connectivity index (χ3n) is 3.67. The molecule has 0 unspecified atom stereocenters. The molecule has 108 valence electrons. The molecule has 0 saturated carbocycles. The lowest BCUT2D eigenvalue weighted by molar-refractivity contribution is -0.141. The topological polar surface area (TPSA) is 57.6 Å². The number of carboxylic acids is 1. The maximum atomic E-state index is 12.4. The first-order chi connectivity index (χ1) is 9.41. The van der Waals surface area contributed by atoms with Gasteiger partial charge in [-0.3, -0.25) is 4.79 Å². The molecule has 1 aliphatic rings. The molecule has 1 N–H and O–H groups in total. The quantitative estimate of drug-likeness (QED) is 0.932. The van der Waals surface area contributed by atoms with Gasteiger partial charge in [-0.2, -0.15) is 0 Å². The minimum atomic E-state index is -0.944. The molecular formula is C15H18ClNO3. The summed E-state index contributed by atoms with van der Waals surface area (Å²) in [5.74, 6) is -0.918. The number of carbonyl (C=O) groups excluding carboxylic acids is 1. The Morgan fingerprint density at radius 2 is 2.10 bits per heavy atom.